The number of benzene rings is 1. The maximum Gasteiger partial charge on any atom is 0.263 e. The highest BCUT2D eigenvalue weighted by Crippen LogP contribution is 2.26. The van der Waals surface area contributed by atoms with Crippen LogP contribution in [0.1, 0.15) is 19.8 Å². The van der Waals surface area contributed by atoms with E-state index in [2.05, 4.69) is 0 Å². The third-order valence-corrected chi connectivity index (χ3v) is 3.87. The highest BCUT2D eigenvalue weighted by atomic mass is 35.5. The number of nitrogens with zero attached hydrogens (tertiary/aromatic N) is 1. The molecule has 7 heteroatoms. The van der Waals surface area contributed by atoms with E-state index < -0.39 is 6.10 Å². The van der Waals surface area contributed by atoms with Crippen LogP contribution in [0.3, 0.4) is 0 Å². The number of hydrogen-bond acceptors (Lipinski definition) is 3. The van der Waals surface area contributed by atoms with E-state index in [1.54, 1.807) is 30.0 Å². The topological polar surface area (TPSA) is 55.6 Å². The summed E-state index contributed by atoms with van der Waals surface area (Å²) in [7, 11) is 0. The van der Waals surface area contributed by atoms with Crippen LogP contribution in [0, 0.1) is 0 Å². The number of amides is 1. The van der Waals surface area contributed by atoms with Gasteiger partial charge in [-0.2, -0.15) is 0 Å². The van der Waals surface area contributed by atoms with Crippen LogP contribution in [0.4, 0.5) is 0 Å². The summed E-state index contributed by atoms with van der Waals surface area (Å²) in [5, 5.41) is 0.960. The van der Waals surface area contributed by atoms with Gasteiger partial charge in [0.1, 0.15) is 5.75 Å². The highest BCUT2D eigenvalue weighted by molar-refractivity contribution is 6.34. The SMILES string of the molecule is CC(Oc1cc(Cl)cc(Cl)c1)C(=O)N1CCCC1CN.Cl. The lowest BCUT2D eigenvalue weighted by Crippen LogP contribution is -2.45. The molecule has 2 rings (SSSR count). The predicted molar refractivity (Wildman–Crippen MR) is 87.6 cm³/mol. The second kappa shape index (κ2) is 8.08. The molecule has 0 aromatic heterocycles. The molecule has 118 valence electrons. The molecule has 1 heterocycles. The standard InChI is InChI=1S/C14H18Cl2N2O2.ClH/c1-9(14(19)18-4-2-3-12(18)8-17)20-13-6-10(15)5-11(16)7-13;/h5-7,9,12H,2-4,8,17H2,1H3;1H. The molecule has 1 aromatic carbocycles. The number of carbonyl (C=O) groups is 1. The first kappa shape index (κ1) is 18.4. The van der Waals surface area contributed by atoms with Gasteiger partial charge in [-0.3, -0.25) is 4.79 Å². The van der Waals surface area contributed by atoms with Gasteiger partial charge in [-0.05, 0) is 38.0 Å². The Labute approximate surface area is 140 Å². The minimum atomic E-state index is -0.586. The zero-order chi connectivity index (χ0) is 14.7. The van der Waals surface area contributed by atoms with E-state index in [4.69, 9.17) is 33.7 Å². The molecule has 0 aliphatic carbocycles. The lowest BCUT2D eigenvalue weighted by Gasteiger charge is -2.26. The van der Waals surface area contributed by atoms with Crippen LogP contribution < -0.4 is 10.5 Å². The summed E-state index contributed by atoms with van der Waals surface area (Å²) in [6, 6.07) is 5.02. The van der Waals surface area contributed by atoms with E-state index in [9.17, 15) is 4.79 Å². The smallest absolute Gasteiger partial charge is 0.263 e. The van der Waals surface area contributed by atoms with Gasteiger partial charge in [-0.15, -0.1) is 12.4 Å². The summed E-state index contributed by atoms with van der Waals surface area (Å²) >= 11 is 11.8. The van der Waals surface area contributed by atoms with Crippen LogP contribution in [-0.2, 0) is 4.79 Å². The predicted octanol–water partition coefficient (Wildman–Crippen LogP) is 3.13. The van der Waals surface area contributed by atoms with Gasteiger partial charge < -0.3 is 15.4 Å². The molecule has 0 bridgehead atoms. The van der Waals surface area contributed by atoms with E-state index in [0.717, 1.165) is 19.4 Å². The fraction of sp³-hybridized carbons (Fsp3) is 0.500. The van der Waals surface area contributed by atoms with E-state index in [-0.39, 0.29) is 24.4 Å². The molecular formula is C14H19Cl3N2O2. The van der Waals surface area contributed by atoms with Gasteiger partial charge in [0.25, 0.3) is 5.91 Å². The van der Waals surface area contributed by atoms with Gasteiger partial charge >= 0.3 is 0 Å². The number of halogens is 3. The Balaban J connectivity index is 0.00000220. The highest BCUT2D eigenvalue weighted by Gasteiger charge is 2.31. The average molecular weight is 354 g/mol. The summed E-state index contributed by atoms with van der Waals surface area (Å²) in [6.07, 6.45) is 1.36. The number of likely N-dealkylation sites (tertiary alicyclic amines) is 1. The Bertz CT molecular complexity index is 479. The molecule has 0 saturated carbocycles. The number of carbonyl (C=O) groups excluding carboxylic acids is 1. The van der Waals surface area contributed by atoms with Crippen LogP contribution in [0.25, 0.3) is 0 Å². The van der Waals surface area contributed by atoms with Gasteiger partial charge in [0, 0.05) is 29.2 Å². The normalized spacial score (nSPS) is 19.0. The fourth-order valence-corrected chi connectivity index (χ4v) is 2.96. The first-order valence-corrected chi connectivity index (χ1v) is 7.40. The monoisotopic (exact) mass is 352 g/mol. The van der Waals surface area contributed by atoms with Crippen LogP contribution >= 0.6 is 35.6 Å². The largest absolute Gasteiger partial charge is 0.481 e. The summed E-state index contributed by atoms with van der Waals surface area (Å²) in [5.74, 6) is 0.445. The van der Waals surface area contributed by atoms with Crippen LogP contribution in [0.2, 0.25) is 10.0 Å². The number of hydrogen-bond donors (Lipinski definition) is 1. The van der Waals surface area contributed by atoms with E-state index in [1.165, 1.54) is 0 Å². The van der Waals surface area contributed by atoms with Gasteiger partial charge in [0.15, 0.2) is 6.10 Å². The van der Waals surface area contributed by atoms with E-state index in [1.807, 2.05) is 0 Å². The van der Waals surface area contributed by atoms with Gasteiger partial charge in [-0.25, -0.2) is 0 Å². The van der Waals surface area contributed by atoms with Gasteiger partial charge in [-0.1, -0.05) is 23.2 Å². The Kier molecular flexibility index (Phi) is 7.07. The third-order valence-electron chi connectivity index (χ3n) is 3.43. The zero-order valence-electron chi connectivity index (χ0n) is 11.7. The molecule has 2 N–H and O–H groups in total. The third kappa shape index (κ3) is 4.65. The maximum atomic E-state index is 12.4. The van der Waals surface area contributed by atoms with Crippen molar-refractivity contribution in [3.8, 4) is 5.75 Å². The number of nitrogens with two attached hydrogens (primary N) is 1. The van der Waals surface area contributed by atoms with Crippen LogP contribution in [-0.4, -0.2) is 36.0 Å². The van der Waals surface area contributed by atoms with Gasteiger partial charge in [0.2, 0.25) is 0 Å². The molecule has 2 atom stereocenters. The molecular weight excluding hydrogens is 335 g/mol. The van der Waals surface area contributed by atoms with Crippen molar-refractivity contribution in [3.63, 3.8) is 0 Å². The maximum absolute atomic E-state index is 12.4. The zero-order valence-corrected chi connectivity index (χ0v) is 14.0. The summed E-state index contributed by atoms with van der Waals surface area (Å²) in [6.45, 7) is 2.95. The van der Waals surface area contributed by atoms with Crippen molar-refractivity contribution in [1.82, 2.24) is 4.90 Å². The van der Waals surface area contributed by atoms with Crippen molar-refractivity contribution in [3.05, 3.63) is 28.2 Å². The van der Waals surface area contributed by atoms with Crippen molar-refractivity contribution in [1.29, 1.82) is 0 Å². The number of ether oxygens (including phenoxy) is 1. The lowest BCUT2D eigenvalue weighted by atomic mass is 10.2. The fourth-order valence-electron chi connectivity index (χ4n) is 2.46. The Hall–Kier alpha value is -0.680. The minimum absolute atomic E-state index is 0. The van der Waals surface area contributed by atoms with Crippen molar-refractivity contribution in [2.45, 2.75) is 31.9 Å². The number of rotatable bonds is 4. The molecule has 1 amide bonds. The van der Waals surface area contributed by atoms with Crippen molar-refractivity contribution in [2.24, 2.45) is 5.73 Å². The first-order valence-electron chi connectivity index (χ1n) is 6.64. The molecule has 4 nitrogen and oxygen atoms in total. The van der Waals surface area contributed by atoms with Crippen LogP contribution in [0.5, 0.6) is 5.75 Å². The molecule has 1 aromatic rings. The molecule has 0 radical (unpaired) electrons. The van der Waals surface area contributed by atoms with Crippen molar-refractivity contribution in [2.75, 3.05) is 13.1 Å². The quantitative estimate of drug-likeness (QED) is 0.905. The van der Waals surface area contributed by atoms with Gasteiger partial charge in [0.05, 0.1) is 0 Å². The van der Waals surface area contributed by atoms with E-state index >= 15 is 0 Å². The first-order chi connectivity index (χ1) is 9.51. The molecule has 2 unspecified atom stereocenters. The lowest BCUT2D eigenvalue weighted by molar-refractivity contribution is -0.138. The summed E-state index contributed by atoms with van der Waals surface area (Å²) in [5.41, 5.74) is 5.68. The Morgan fingerprint density at radius 1 is 1.43 bits per heavy atom. The summed E-state index contributed by atoms with van der Waals surface area (Å²) in [4.78, 5) is 14.2. The van der Waals surface area contributed by atoms with Crippen molar-refractivity contribution < 1.29 is 9.53 Å². The van der Waals surface area contributed by atoms with Crippen molar-refractivity contribution >= 4 is 41.5 Å². The Morgan fingerprint density at radius 2 is 2.05 bits per heavy atom. The summed E-state index contributed by atoms with van der Waals surface area (Å²) < 4.78 is 5.64. The van der Waals surface area contributed by atoms with E-state index in [0.29, 0.717) is 22.3 Å². The average Bonchev–Trinajstić information content (AvgIpc) is 2.84. The second-order valence-electron chi connectivity index (χ2n) is 4.93. The molecule has 1 aliphatic heterocycles. The molecule has 21 heavy (non-hydrogen) atoms. The second-order valence-corrected chi connectivity index (χ2v) is 5.80. The van der Waals surface area contributed by atoms with Crippen LogP contribution in [0.15, 0.2) is 18.2 Å². The molecule has 1 fully saturated rings. The molecule has 1 aliphatic rings. The molecule has 1 saturated heterocycles. The minimum Gasteiger partial charge on any atom is -0.481 e. The Morgan fingerprint density at radius 3 is 2.62 bits per heavy atom. The molecule has 0 spiro atoms.